The van der Waals surface area contributed by atoms with Crippen molar-refractivity contribution in [3.8, 4) is 5.75 Å². The highest BCUT2D eigenvalue weighted by atomic mass is 79.9. The van der Waals surface area contributed by atoms with Crippen molar-refractivity contribution in [3.63, 3.8) is 0 Å². The summed E-state index contributed by atoms with van der Waals surface area (Å²) in [6, 6.07) is 13.6. The average molecular weight is 474 g/mol. The number of methoxy groups -OCH3 is 1. The number of carbonyl (C=O) groups is 2. The first-order valence-electron chi connectivity index (χ1n) is 9.74. The zero-order chi connectivity index (χ0) is 21.7. The van der Waals surface area contributed by atoms with Crippen molar-refractivity contribution in [2.75, 3.05) is 26.9 Å². The Hall–Kier alpha value is -2.64. The van der Waals surface area contributed by atoms with Crippen LogP contribution in [0.4, 0.5) is 0 Å². The molecule has 1 saturated heterocycles. The van der Waals surface area contributed by atoms with Crippen LogP contribution >= 0.6 is 15.9 Å². The minimum Gasteiger partial charge on any atom is -0.507 e. The molecule has 158 valence electrons. The number of Topliss-reactive ketones (excluding diaryl/α,β-unsaturated/α-hetero) is 1. The van der Waals surface area contributed by atoms with Gasteiger partial charge in [-0.2, -0.15) is 0 Å². The second-order valence-corrected chi connectivity index (χ2v) is 7.77. The van der Waals surface area contributed by atoms with Crippen LogP contribution in [-0.4, -0.2) is 48.6 Å². The summed E-state index contributed by atoms with van der Waals surface area (Å²) >= 11 is 3.41. The predicted molar refractivity (Wildman–Crippen MR) is 117 cm³/mol. The molecule has 1 atom stereocenters. The maximum absolute atomic E-state index is 12.9. The normalized spacial score (nSPS) is 18.1. The molecule has 0 bridgehead atoms. The molecule has 6 nitrogen and oxygen atoms in total. The van der Waals surface area contributed by atoms with E-state index < -0.39 is 17.7 Å². The number of halogens is 1. The van der Waals surface area contributed by atoms with Crippen LogP contribution in [0.2, 0.25) is 0 Å². The molecule has 1 aliphatic rings. The number of ketones is 1. The number of nitrogens with zero attached hydrogens (tertiary/aromatic N) is 1. The average Bonchev–Trinajstić information content (AvgIpc) is 2.99. The second-order valence-electron chi connectivity index (χ2n) is 6.85. The number of amides is 1. The molecule has 0 spiro atoms. The van der Waals surface area contributed by atoms with Gasteiger partial charge in [0.1, 0.15) is 11.5 Å². The highest BCUT2D eigenvalue weighted by Crippen LogP contribution is 2.40. The Morgan fingerprint density at radius 3 is 2.57 bits per heavy atom. The molecule has 1 unspecified atom stereocenters. The summed E-state index contributed by atoms with van der Waals surface area (Å²) in [5, 5.41) is 11.1. The Morgan fingerprint density at radius 2 is 1.90 bits per heavy atom. The minimum atomic E-state index is -0.695. The molecule has 1 aliphatic heterocycles. The number of aliphatic hydroxyl groups excluding tert-OH is 1. The van der Waals surface area contributed by atoms with Gasteiger partial charge in [0.2, 0.25) is 0 Å². The van der Waals surface area contributed by atoms with Crippen LogP contribution in [0, 0.1) is 0 Å². The van der Waals surface area contributed by atoms with Gasteiger partial charge < -0.3 is 19.5 Å². The summed E-state index contributed by atoms with van der Waals surface area (Å²) in [7, 11) is 1.59. The fourth-order valence-corrected chi connectivity index (χ4v) is 3.80. The summed E-state index contributed by atoms with van der Waals surface area (Å²) in [6.07, 6.45) is 0.580. The quantitative estimate of drug-likeness (QED) is 0.267. The molecule has 7 heteroatoms. The molecule has 2 aromatic carbocycles. The van der Waals surface area contributed by atoms with Gasteiger partial charge in [-0.05, 0) is 43.2 Å². The Kier molecular flexibility index (Phi) is 7.29. The van der Waals surface area contributed by atoms with E-state index in [-0.39, 0.29) is 11.3 Å². The number of hydrogen-bond donors (Lipinski definition) is 1. The van der Waals surface area contributed by atoms with E-state index in [1.54, 1.807) is 31.4 Å². The van der Waals surface area contributed by atoms with Gasteiger partial charge >= 0.3 is 0 Å². The lowest BCUT2D eigenvalue weighted by Crippen LogP contribution is -2.31. The van der Waals surface area contributed by atoms with E-state index in [4.69, 9.17) is 9.47 Å². The van der Waals surface area contributed by atoms with Gasteiger partial charge in [0.25, 0.3) is 11.7 Å². The third-order valence-electron chi connectivity index (χ3n) is 4.89. The molecule has 0 aliphatic carbocycles. The van der Waals surface area contributed by atoms with Gasteiger partial charge in [0, 0.05) is 30.3 Å². The van der Waals surface area contributed by atoms with Crippen LogP contribution in [-0.2, 0) is 14.3 Å². The first-order valence-corrected chi connectivity index (χ1v) is 10.5. The van der Waals surface area contributed by atoms with Crippen LogP contribution in [0.25, 0.3) is 5.76 Å². The van der Waals surface area contributed by atoms with Crippen molar-refractivity contribution in [1.29, 1.82) is 0 Å². The van der Waals surface area contributed by atoms with Crippen molar-refractivity contribution in [1.82, 2.24) is 4.90 Å². The summed E-state index contributed by atoms with van der Waals surface area (Å²) < 4.78 is 11.5. The molecule has 1 heterocycles. The highest BCUT2D eigenvalue weighted by Gasteiger charge is 2.45. The zero-order valence-corrected chi connectivity index (χ0v) is 18.5. The molecule has 1 amide bonds. The maximum atomic E-state index is 12.9. The fraction of sp³-hybridized carbons (Fsp3) is 0.304. The molecule has 1 N–H and O–H groups in total. The SMILES string of the molecule is CCOc1cccc(C(O)=C2C(=O)C(=O)N(CCCOC)C2c2ccc(Br)cc2)c1. The molecule has 0 radical (unpaired) electrons. The van der Waals surface area contributed by atoms with E-state index in [0.717, 1.165) is 10.0 Å². The second kappa shape index (κ2) is 9.91. The Labute approximate surface area is 184 Å². The van der Waals surface area contributed by atoms with Crippen molar-refractivity contribution in [3.05, 3.63) is 69.7 Å². The van der Waals surface area contributed by atoms with Crippen molar-refractivity contribution in [2.45, 2.75) is 19.4 Å². The van der Waals surface area contributed by atoms with Gasteiger partial charge in [-0.15, -0.1) is 0 Å². The van der Waals surface area contributed by atoms with Crippen LogP contribution in [0.15, 0.2) is 58.6 Å². The van der Waals surface area contributed by atoms with E-state index in [0.29, 0.717) is 37.5 Å². The van der Waals surface area contributed by atoms with E-state index in [1.165, 1.54) is 4.90 Å². The maximum Gasteiger partial charge on any atom is 0.295 e. The van der Waals surface area contributed by atoms with Gasteiger partial charge in [0.05, 0.1) is 18.2 Å². The van der Waals surface area contributed by atoms with Crippen LogP contribution in [0.3, 0.4) is 0 Å². The van der Waals surface area contributed by atoms with Crippen molar-refractivity contribution >= 4 is 33.4 Å². The zero-order valence-electron chi connectivity index (χ0n) is 16.9. The van der Waals surface area contributed by atoms with E-state index in [1.807, 2.05) is 31.2 Å². The molecule has 3 rings (SSSR count). The summed E-state index contributed by atoms with van der Waals surface area (Å²) in [5.74, 6) is -0.950. The summed E-state index contributed by atoms with van der Waals surface area (Å²) in [5.41, 5.74) is 1.25. The number of likely N-dealkylation sites (tertiary alicyclic amines) is 1. The van der Waals surface area contributed by atoms with Gasteiger partial charge in [-0.25, -0.2) is 0 Å². The smallest absolute Gasteiger partial charge is 0.295 e. The molecule has 30 heavy (non-hydrogen) atoms. The van der Waals surface area contributed by atoms with Crippen molar-refractivity contribution < 1.29 is 24.2 Å². The Balaban J connectivity index is 2.10. The molecule has 2 aromatic rings. The molecule has 0 aromatic heterocycles. The number of rotatable bonds is 8. The lowest BCUT2D eigenvalue weighted by Gasteiger charge is -2.25. The molecule has 1 fully saturated rings. The Bertz CT molecular complexity index is 954. The van der Waals surface area contributed by atoms with Gasteiger partial charge in [-0.1, -0.05) is 40.2 Å². The van der Waals surface area contributed by atoms with Gasteiger partial charge in [-0.3, -0.25) is 9.59 Å². The van der Waals surface area contributed by atoms with Crippen LogP contribution in [0.5, 0.6) is 5.75 Å². The number of ether oxygens (including phenoxy) is 2. The highest BCUT2D eigenvalue weighted by molar-refractivity contribution is 9.10. The van der Waals surface area contributed by atoms with Crippen LogP contribution < -0.4 is 4.74 Å². The topological polar surface area (TPSA) is 76.1 Å². The fourth-order valence-electron chi connectivity index (χ4n) is 3.54. The summed E-state index contributed by atoms with van der Waals surface area (Å²) in [6.45, 7) is 3.15. The lowest BCUT2D eigenvalue weighted by molar-refractivity contribution is -0.140. The Morgan fingerprint density at radius 1 is 1.17 bits per heavy atom. The standard InChI is InChI=1S/C23H24BrNO5/c1-3-30-18-7-4-6-16(14-18)21(26)19-20(15-8-10-17(24)11-9-15)25(12-5-13-29-2)23(28)22(19)27/h4,6-11,14,20,26H,3,5,12-13H2,1-2H3. The largest absolute Gasteiger partial charge is 0.507 e. The van der Waals surface area contributed by atoms with E-state index >= 15 is 0 Å². The third-order valence-corrected chi connectivity index (χ3v) is 5.42. The van der Waals surface area contributed by atoms with Crippen molar-refractivity contribution in [2.24, 2.45) is 0 Å². The first kappa shape index (κ1) is 22.1. The third kappa shape index (κ3) is 4.57. The lowest BCUT2D eigenvalue weighted by atomic mass is 9.95. The summed E-state index contributed by atoms with van der Waals surface area (Å²) in [4.78, 5) is 27.3. The molecular weight excluding hydrogens is 450 g/mol. The molecular formula is C23H24BrNO5. The number of benzene rings is 2. The number of carbonyl (C=O) groups excluding carboxylic acids is 2. The first-order chi connectivity index (χ1) is 14.5. The number of aliphatic hydroxyl groups is 1. The van der Waals surface area contributed by atoms with Crippen LogP contribution in [0.1, 0.15) is 30.5 Å². The predicted octanol–water partition coefficient (Wildman–Crippen LogP) is 4.31. The monoisotopic (exact) mass is 473 g/mol. The van der Waals surface area contributed by atoms with E-state index in [9.17, 15) is 14.7 Å². The van der Waals surface area contributed by atoms with Gasteiger partial charge in [0.15, 0.2) is 0 Å². The molecule has 0 saturated carbocycles. The van der Waals surface area contributed by atoms with E-state index in [2.05, 4.69) is 15.9 Å². The number of hydrogen-bond acceptors (Lipinski definition) is 5. The minimum absolute atomic E-state index is 0.0772.